The van der Waals surface area contributed by atoms with E-state index in [0.717, 1.165) is 31.7 Å². The highest BCUT2D eigenvalue weighted by atomic mass is 16.5. The molecule has 0 saturated carbocycles. The summed E-state index contributed by atoms with van der Waals surface area (Å²) in [5, 5.41) is 9.09. The minimum Gasteiger partial charge on any atom is -0.381 e. The van der Waals surface area contributed by atoms with Crippen molar-refractivity contribution >= 4 is 17.7 Å². The summed E-state index contributed by atoms with van der Waals surface area (Å²) >= 11 is 0. The number of aromatic nitrogens is 1. The molecule has 1 aromatic heterocycles. The number of hydrogen-bond donors (Lipinski definition) is 3. The monoisotopic (exact) mass is 349 g/mol. The number of anilines is 1. The first kappa shape index (κ1) is 20.9. The van der Waals surface area contributed by atoms with Gasteiger partial charge in [-0.3, -0.25) is 9.79 Å². The van der Waals surface area contributed by atoms with E-state index < -0.39 is 0 Å². The molecule has 0 bridgehead atoms. The standard InChI is InChI=1S/C18H31N5O2/c1-14(2)13-25-11-5-9-20-18(19-4)21-10-8-17(24)23-16-7-6-15(3)12-22-16/h6-7,12,14H,5,8-11,13H2,1-4H3,(H2,19,20,21)(H,22,23,24). The number of rotatable bonds is 10. The van der Waals surface area contributed by atoms with E-state index in [2.05, 4.69) is 39.8 Å². The third-order valence-electron chi connectivity index (χ3n) is 3.26. The van der Waals surface area contributed by atoms with Crippen molar-refractivity contribution in [2.45, 2.75) is 33.6 Å². The van der Waals surface area contributed by atoms with Crippen LogP contribution in [0, 0.1) is 12.8 Å². The lowest BCUT2D eigenvalue weighted by molar-refractivity contribution is -0.116. The average Bonchev–Trinajstić information content (AvgIpc) is 2.58. The van der Waals surface area contributed by atoms with Crippen molar-refractivity contribution in [2.24, 2.45) is 10.9 Å². The largest absolute Gasteiger partial charge is 0.381 e. The number of amides is 1. The summed E-state index contributed by atoms with van der Waals surface area (Å²) in [4.78, 5) is 20.2. The van der Waals surface area contributed by atoms with Crippen molar-refractivity contribution in [3.05, 3.63) is 23.9 Å². The number of guanidine groups is 1. The molecule has 3 N–H and O–H groups in total. The third kappa shape index (κ3) is 10.3. The smallest absolute Gasteiger partial charge is 0.227 e. The van der Waals surface area contributed by atoms with Crippen LogP contribution in [0.5, 0.6) is 0 Å². The van der Waals surface area contributed by atoms with Gasteiger partial charge in [0.1, 0.15) is 5.82 Å². The molecule has 1 amide bonds. The Morgan fingerprint density at radius 3 is 2.68 bits per heavy atom. The van der Waals surface area contributed by atoms with Crippen molar-refractivity contribution < 1.29 is 9.53 Å². The van der Waals surface area contributed by atoms with Gasteiger partial charge in [0.25, 0.3) is 0 Å². The van der Waals surface area contributed by atoms with Gasteiger partial charge >= 0.3 is 0 Å². The van der Waals surface area contributed by atoms with E-state index in [-0.39, 0.29) is 5.91 Å². The molecule has 0 atom stereocenters. The molecule has 1 aromatic rings. The predicted octanol–water partition coefficient (Wildman–Crippen LogP) is 1.95. The molecule has 140 valence electrons. The summed E-state index contributed by atoms with van der Waals surface area (Å²) in [7, 11) is 1.71. The molecular formula is C18H31N5O2. The summed E-state index contributed by atoms with van der Waals surface area (Å²) < 4.78 is 5.53. The fourth-order valence-corrected chi connectivity index (χ4v) is 1.96. The van der Waals surface area contributed by atoms with Gasteiger partial charge in [-0.25, -0.2) is 4.98 Å². The number of nitrogens with one attached hydrogen (secondary N) is 3. The minimum absolute atomic E-state index is 0.0820. The van der Waals surface area contributed by atoms with Crippen molar-refractivity contribution in [3.8, 4) is 0 Å². The maximum Gasteiger partial charge on any atom is 0.227 e. The van der Waals surface area contributed by atoms with Crippen molar-refractivity contribution in [1.29, 1.82) is 0 Å². The summed E-state index contributed by atoms with van der Waals surface area (Å²) in [6, 6.07) is 3.71. The van der Waals surface area contributed by atoms with Crippen LogP contribution in [0.4, 0.5) is 5.82 Å². The van der Waals surface area contributed by atoms with Gasteiger partial charge in [0, 0.05) is 46.0 Å². The van der Waals surface area contributed by atoms with E-state index in [9.17, 15) is 4.79 Å². The average molecular weight is 349 g/mol. The van der Waals surface area contributed by atoms with Gasteiger partial charge in [-0.1, -0.05) is 19.9 Å². The molecule has 0 aliphatic rings. The van der Waals surface area contributed by atoms with Crippen LogP contribution in [0.1, 0.15) is 32.3 Å². The molecule has 1 heterocycles. The van der Waals surface area contributed by atoms with Gasteiger partial charge in [0.2, 0.25) is 5.91 Å². The summed E-state index contributed by atoms with van der Waals surface area (Å²) in [5.41, 5.74) is 1.06. The molecule has 0 unspecified atom stereocenters. The van der Waals surface area contributed by atoms with Crippen LogP contribution in [0.15, 0.2) is 23.3 Å². The number of pyridine rings is 1. The lowest BCUT2D eigenvalue weighted by Crippen LogP contribution is -2.39. The minimum atomic E-state index is -0.0820. The number of carbonyl (C=O) groups is 1. The lowest BCUT2D eigenvalue weighted by Gasteiger charge is -2.12. The Morgan fingerprint density at radius 2 is 2.04 bits per heavy atom. The Labute approximate surface area is 150 Å². The van der Waals surface area contributed by atoms with Crippen LogP contribution < -0.4 is 16.0 Å². The van der Waals surface area contributed by atoms with Gasteiger partial charge in [-0.15, -0.1) is 0 Å². The Hall–Kier alpha value is -2.15. The molecule has 0 saturated heterocycles. The molecule has 0 fully saturated rings. The molecule has 7 nitrogen and oxygen atoms in total. The van der Waals surface area contributed by atoms with Crippen LogP contribution in [0.2, 0.25) is 0 Å². The first-order chi connectivity index (χ1) is 12.0. The maximum absolute atomic E-state index is 11.9. The molecular weight excluding hydrogens is 318 g/mol. The number of aryl methyl sites for hydroxylation is 1. The van der Waals surface area contributed by atoms with Crippen LogP contribution in [-0.2, 0) is 9.53 Å². The maximum atomic E-state index is 11.9. The van der Waals surface area contributed by atoms with Gasteiger partial charge in [0.15, 0.2) is 5.96 Å². The highest BCUT2D eigenvalue weighted by Gasteiger charge is 2.04. The zero-order valence-corrected chi connectivity index (χ0v) is 15.8. The van der Waals surface area contributed by atoms with E-state index in [1.54, 1.807) is 19.3 Å². The van der Waals surface area contributed by atoms with Crippen LogP contribution in [0.3, 0.4) is 0 Å². The van der Waals surface area contributed by atoms with E-state index in [4.69, 9.17) is 4.74 Å². The van der Waals surface area contributed by atoms with Crippen LogP contribution in [-0.4, -0.2) is 50.2 Å². The Kier molecular flexibility index (Phi) is 10.2. The zero-order valence-electron chi connectivity index (χ0n) is 15.8. The number of hydrogen-bond acceptors (Lipinski definition) is 4. The highest BCUT2D eigenvalue weighted by molar-refractivity contribution is 5.90. The predicted molar refractivity (Wildman–Crippen MR) is 102 cm³/mol. The van der Waals surface area contributed by atoms with Gasteiger partial charge < -0.3 is 20.7 Å². The van der Waals surface area contributed by atoms with Gasteiger partial charge in [-0.05, 0) is 30.9 Å². The Bertz CT molecular complexity index is 529. The summed E-state index contributed by atoms with van der Waals surface area (Å²) in [5.74, 6) is 1.73. The van der Waals surface area contributed by atoms with E-state index >= 15 is 0 Å². The van der Waals surface area contributed by atoms with Gasteiger partial charge in [0.05, 0.1) is 0 Å². The Balaban J connectivity index is 2.13. The second-order valence-electron chi connectivity index (χ2n) is 6.27. The summed E-state index contributed by atoms with van der Waals surface area (Å²) in [6.07, 6.45) is 2.98. The lowest BCUT2D eigenvalue weighted by atomic mass is 10.2. The quantitative estimate of drug-likeness (QED) is 0.341. The number of aliphatic imine (C=N–C) groups is 1. The van der Waals surface area contributed by atoms with E-state index in [1.165, 1.54) is 0 Å². The van der Waals surface area contributed by atoms with Crippen molar-refractivity contribution in [2.75, 3.05) is 38.7 Å². The molecule has 0 radical (unpaired) electrons. The summed E-state index contributed by atoms with van der Waals surface area (Å²) in [6.45, 7) is 9.02. The molecule has 0 spiro atoms. The normalized spacial score (nSPS) is 11.5. The molecule has 0 aromatic carbocycles. The Morgan fingerprint density at radius 1 is 1.28 bits per heavy atom. The topological polar surface area (TPSA) is 87.6 Å². The fraction of sp³-hybridized carbons (Fsp3) is 0.611. The number of carbonyl (C=O) groups excluding carboxylic acids is 1. The number of ether oxygens (including phenoxy) is 1. The first-order valence-corrected chi connectivity index (χ1v) is 8.76. The van der Waals surface area contributed by atoms with E-state index in [1.807, 2.05) is 13.0 Å². The second kappa shape index (κ2) is 12.2. The SMILES string of the molecule is CN=C(NCCCOCC(C)C)NCCC(=O)Nc1ccc(C)cn1. The molecule has 0 aliphatic carbocycles. The highest BCUT2D eigenvalue weighted by Crippen LogP contribution is 2.03. The molecule has 1 rings (SSSR count). The molecule has 7 heteroatoms. The van der Waals surface area contributed by atoms with Crippen molar-refractivity contribution in [3.63, 3.8) is 0 Å². The van der Waals surface area contributed by atoms with Crippen molar-refractivity contribution in [1.82, 2.24) is 15.6 Å². The van der Waals surface area contributed by atoms with Crippen LogP contribution >= 0.6 is 0 Å². The number of nitrogens with zero attached hydrogens (tertiary/aromatic N) is 2. The molecule has 25 heavy (non-hydrogen) atoms. The van der Waals surface area contributed by atoms with Crippen LogP contribution in [0.25, 0.3) is 0 Å². The fourth-order valence-electron chi connectivity index (χ4n) is 1.96. The molecule has 0 aliphatic heterocycles. The zero-order chi connectivity index (χ0) is 18.5. The third-order valence-corrected chi connectivity index (χ3v) is 3.26. The first-order valence-electron chi connectivity index (χ1n) is 8.76. The second-order valence-corrected chi connectivity index (χ2v) is 6.27. The van der Waals surface area contributed by atoms with E-state index in [0.29, 0.717) is 30.7 Å². The van der Waals surface area contributed by atoms with Gasteiger partial charge in [-0.2, -0.15) is 0 Å².